The Kier molecular flexibility index (Phi) is 4.69. The van der Waals surface area contributed by atoms with Crippen LogP contribution in [0.15, 0.2) is 24.3 Å². The van der Waals surface area contributed by atoms with Gasteiger partial charge in [0.15, 0.2) is 0 Å². The second-order valence-corrected chi connectivity index (χ2v) is 3.95. The standard InChI is InChI=1S/C13H17NO3/c1-9-5-4-6-11(7-9)12(14-10(2)15)8-13(16)17-3/h4-7,12H,8H2,1-3H3,(H,14,15). The Bertz CT molecular complexity index is 415. The minimum absolute atomic E-state index is 0.138. The van der Waals surface area contributed by atoms with Crippen LogP contribution in [-0.4, -0.2) is 19.0 Å². The van der Waals surface area contributed by atoms with Crippen molar-refractivity contribution in [1.29, 1.82) is 0 Å². The molecule has 0 spiro atoms. The van der Waals surface area contributed by atoms with Crippen LogP contribution in [0.2, 0.25) is 0 Å². The number of esters is 1. The highest BCUT2D eigenvalue weighted by Crippen LogP contribution is 2.18. The molecule has 1 unspecified atom stereocenters. The summed E-state index contributed by atoms with van der Waals surface area (Å²) >= 11 is 0. The molecule has 1 amide bonds. The van der Waals surface area contributed by atoms with Crippen LogP contribution in [0.5, 0.6) is 0 Å². The van der Waals surface area contributed by atoms with Gasteiger partial charge in [-0.1, -0.05) is 29.8 Å². The zero-order valence-corrected chi connectivity index (χ0v) is 10.3. The molecule has 17 heavy (non-hydrogen) atoms. The second-order valence-electron chi connectivity index (χ2n) is 3.95. The number of rotatable bonds is 4. The fraction of sp³-hybridized carbons (Fsp3) is 0.385. The van der Waals surface area contributed by atoms with E-state index in [4.69, 9.17) is 0 Å². The second kappa shape index (κ2) is 6.03. The van der Waals surface area contributed by atoms with E-state index < -0.39 is 0 Å². The fourth-order valence-electron chi connectivity index (χ4n) is 1.63. The molecule has 0 fully saturated rings. The first-order valence-electron chi connectivity index (χ1n) is 5.43. The Hall–Kier alpha value is -1.84. The third kappa shape index (κ3) is 4.26. The molecule has 0 heterocycles. The predicted molar refractivity (Wildman–Crippen MR) is 64.4 cm³/mol. The van der Waals surface area contributed by atoms with E-state index in [9.17, 15) is 9.59 Å². The molecule has 1 rings (SSSR count). The minimum atomic E-state index is -0.342. The Labute approximate surface area is 101 Å². The van der Waals surface area contributed by atoms with Gasteiger partial charge in [-0.15, -0.1) is 0 Å². The van der Waals surface area contributed by atoms with Crippen molar-refractivity contribution in [2.45, 2.75) is 26.3 Å². The fourth-order valence-corrected chi connectivity index (χ4v) is 1.63. The molecule has 0 aliphatic rings. The third-order valence-corrected chi connectivity index (χ3v) is 2.42. The first-order chi connectivity index (χ1) is 8.02. The molecule has 0 aliphatic heterocycles. The molecular formula is C13H17NO3. The SMILES string of the molecule is COC(=O)CC(NC(C)=O)c1cccc(C)c1. The van der Waals surface area contributed by atoms with E-state index in [1.54, 1.807) is 0 Å². The zero-order valence-electron chi connectivity index (χ0n) is 10.3. The topological polar surface area (TPSA) is 55.4 Å². The van der Waals surface area contributed by atoms with Crippen LogP contribution < -0.4 is 5.32 Å². The smallest absolute Gasteiger partial charge is 0.307 e. The lowest BCUT2D eigenvalue weighted by molar-refractivity contribution is -0.141. The first kappa shape index (κ1) is 13.2. The van der Waals surface area contributed by atoms with Gasteiger partial charge in [-0.05, 0) is 12.5 Å². The molecule has 0 radical (unpaired) electrons. The quantitative estimate of drug-likeness (QED) is 0.809. The van der Waals surface area contributed by atoms with Crippen molar-refractivity contribution in [3.63, 3.8) is 0 Å². The number of ether oxygens (including phenoxy) is 1. The molecule has 0 saturated carbocycles. The van der Waals surface area contributed by atoms with E-state index in [0.29, 0.717) is 0 Å². The molecule has 1 atom stereocenters. The molecule has 1 aromatic rings. The first-order valence-corrected chi connectivity index (χ1v) is 5.43. The van der Waals surface area contributed by atoms with E-state index in [2.05, 4.69) is 10.1 Å². The average Bonchev–Trinajstić information content (AvgIpc) is 2.27. The van der Waals surface area contributed by atoms with Crippen LogP contribution in [0.3, 0.4) is 0 Å². The van der Waals surface area contributed by atoms with Crippen LogP contribution in [0.4, 0.5) is 0 Å². The van der Waals surface area contributed by atoms with E-state index in [-0.39, 0.29) is 24.3 Å². The van der Waals surface area contributed by atoms with Gasteiger partial charge in [-0.2, -0.15) is 0 Å². The molecule has 4 nitrogen and oxygen atoms in total. The molecule has 0 saturated heterocycles. The average molecular weight is 235 g/mol. The number of carbonyl (C=O) groups is 2. The largest absolute Gasteiger partial charge is 0.469 e. The summed E-state index contributed by atoms with van der Waals surface area (Å²) in [6, 6.07) is 7.36. The molecule has 0 bridgehead atoms. The van der Waals surface area contributed by atoms with Gasteiger partial charge in [0.05, 0.1) is 19.6 Å². The van der Waals surface area contributed by atoms with Crippen molar-refractivity contribution in [1.82, 2.24) is 5.32 Å². The molecule has 4 heteroatoms. The van der Waals surface area contributed by atoms with E-state index >= 15 is 0 Å². The number of hydrogen-bond acceptors (Lipinski definition) is 3. The summed E-state index contributed by atoms with van der Waals surface area (Å²) in [6.45, 7) is 3.40. The van der Waals surface area contributed by atoms with E-state index in [1.165, 1.54) is 14.0 Å². The summed E-state index contributed by atoms with van der Waals surface area (Å²) in [6.07, 6.45) is 0.138. The molecule has 0 aliphatic carbocycles. The van der Waals surface area contributed by atoms with Gasteiger partial charge in [0.1, 0.15) is 0 Å². The van der Waals surface area contributed by atoms with Crippen LogP contribution in [0.1, 0.15) is 30.5 Å². The Morgan fingerprint density at radius 3 is 2.65 bits per heavy atom. The van der Waals surface area contributed by atoms with Gasteiger partial charge in [0.25, 0.3) is 0 Å². The van der Waals surface area contributed by atoms with E-state index in [0.717, 1.165) is 11.1 Å². The molecule has 92 valence electrons. The molecule has 1 aromatic carbocycles. The van der Waals surface area contributed by atoms with Gasteiger partial charge in [-0.3, -0.25) is 9.59 Å². The van der Waals surface area contributed by atoms with Gasteiger partial charge >= 0.3 is 5.97 Å². The van der Waals surface area contributed by atoms with Crippen molar-refractivity contribution in [3.8, 4) is 0 Å². The lowest BCUT2D eigenvalue weighted by Gasteiger charge is -2.17. The van der Waals surface area contributed by atoms with Gasteiger partial charge in [0, 0.05) is 6.92 Å². The number of methoxy groups -OCH3 is 1. The lowest BCUT2D eigenvalue weighted by atomic mass is 10.0. The molecule has 0 aromatic heterocycles. The summed E-state index contributed by atoms with van der Waals surface area (Å²) in [5, 5.41) is 2.75. The number of hydrogen-bond donors (Lipinski definition) is 1. The Morgan fingerprint density at radius 2 is 2.12 bits per heavy atom. The minimum Gasteiger partial charge on any atom is -0.469 e. The number of aryl methyl sites for hydroxylation is 1. The number of amides is 1. The van der Waals surface area contributed by atoms with E-state index in [1.807, 2.05) is 31.2 Å². The lowest BCUT2D eigenvalue weighted by Crippen LogP contribution is -2.28. The van der Waals surface area contributed by atoms with Gasteiger partial charge < -0.3 is 10.1 Å². The summed E-state index contributed by atoms with van der Waals surface area (Å²) in [5.74, 6) is -0.509. The van der Waals surface area contributed by atoms with Crippen molar-refractivity contribution in [2.24, 2.45) is 0 Å². The van der Waals surface area contributed by atoms with Crippen molar-refractivity contribution < 1.29 is 14.3 Å². The summed E-state index contributed by atoms with van der Waals surface area (Å²) in [7, 11) is 1.34. The maximum absolute atomic E-state index is 11.3. The van der Waals surface area contributed by atoms with Crippen LogP contribution in [0.25, 0.3) is 0 Å². The highest BCUT2D eigenvalue weighted by molar-refractivity contribution is 5.75. The highest BCUT2D eigenvalue weighted by Gasteiger charge is 2.17. The van der Waals surface area contributed by atoms with Gasteiger partial charge in [-0.25, -0.2) is 0 Å². The van der Waals surface area contributed by atoms with Gasteiger partial charge in [0.2, 0.25) is 5.91 Å². The molecular weight excluding hydrogens is 218 g/mol. The Morgan fingerprint density at radius 1 is 1.41 bits per heavy atom. The van der Waals surface area contributed by atoms with Crippen molar-refractivity contribution in [3.05, 3.63) is 35.4 Å². The number of carbonyl (C=O) groups excluding carboxylic acids is 2. The number of benzene rings is 1. The molecule has 1 N–H and O–H groups in total. The summed E-state index contributed by atoms with van der Waals surface area (Å²) in [4.78, 5) is 22.4. The number of nitrogens with one attached hydrogen (secondary N) is 1. The predicted octanol–water partition coefficient (Wildman–Crippen LogP) is 1.74. The highest BCUT2D eigenvalue weighted by atomic mass is 16.5. The van der Waals surface area contributed by atoms with Crippen LogP contribution >= 0.6 is 0 Å². The summed E-state index contributed by atoms with van der Waals surface area (Å²) < 4.78 is 4.62. The monoisotopic (exact) mass is 235 g/mol. The van der Waals surface area contributed by atoms with Crippen molar-refractivity contribution >= 4 is 11.9 Å². The third-order valence-electron chi connectivity index (χ3n) is 2.42. The summed E-state index contributed by atoms with van der Waals surface area (Å²) in [5.41, 5.74) is 1.99. The maximum atomic E-state index is 11.3. The van der Waals surface area contributed by atoms with Crippen LogP contribution in [0, 0.1) is 6.92 Å². The van der Waals surface area contributed by atoms with Crippen LogP contribution in [-0.2, 0) is 14.3 Å². The maximum Gasteiger partial charge on any atom is 0.307 e. The Balaban J connectivity index is 2.89. The zero-order chi connectivity index (χ0) is 12.8. The normalized spacial score (nSPS) is 11.7. The van der Waals surface area contributed by atoms with Crippen molar-refractivity contribution in [2.75, 3.05) is 7.11 Å².